The third kappa shape index (κ3) is 4.22. The van der Waals surface area contributed by atoms with Gasteiger partial charge in [-0.3, -0.25) is 4.79 Å². The molecule has 0 saturated carbocycles. The van der Waals surface area contributed by atoms with E-state index in [1.807, 2.05) is 42.5 Å². The van der Waals surface area contributed by atoms with Crippen LogP contribution in [0.2, 0.25) is 5.02 Å². The number of rotatable bonds is 7. The van der Waals surface area contributed by atoms with E-state index in [9.17, 15) is 4.79 Å². The molecule has 0 atom stereocenters. The zero-order valence-corrected chi connectivity index (χ0v) is 16.3. The van der Waals surface area contributed by atoms with Crippen molar-refractivity contribution in [2.24, 2.45) is 0 Å². The summed E-state index contributed by atoms with van der Waals surface area (Å²) in [4.78, 5) is 18.0. The number of amides is 1. The molecule has 0 aliphatic heterocycles. The molecule has 1 amide bonds. The number of aromatic nitrogens is 2. The first kappa shape index (κ1) is 18.0. The number of fused-ring (bicyclic) bond motifs is 1. The summed E-state index contributed by atoms with van der Waals surface area (Å²) in [5.74, 6) is 0.876. The maximum atomic E-state index is 11.6. The van der Waals surface area contributed by atoms with Gasteiger partial charge in [0.2, 0.25) is 6.41 Å². The summed E-state index contributed by atoms with van der Waals surface area (Å²) in [5, 5.41) is 0.692. The highest BCUT2D eigenvalue weighted by Crippen LogP contribution is 2.22. The summed E-state index contributed by atoms with van der Waals surface area (Å²) >= 11 is 9.61. The number of hydrogen-bond donors (Lipinski definition) is 0. The summed E-state index contributed by atoms with van der Waals surface area (Å²) in [6, 6.07) is 13.7. The van der Waals surface area contributed by atoms with E-state index in [2.05, 4.69) is 27.4 Å². The second-order valence-electron chi connectivity index (χ2n) is 5.95. The Morgan fingerprint density at radius 1 is 1.24 bits per heavy atom. The third-order valence-corrected chi connectivity index (χ3v) is 4.73. The predicted molar refractivity (Wildman–Crippen MR) is 104 cm³/mol. The molecule has 0 aliphatic carbocycles. The summed E-state index contributed by atoms with van der Waals surface area (Å²) in [6.07, 6.45) is 1.86. The lowest BCUT2D eigenvalue weighted by Crippen LogP contribution is -2.23. The minimum absolute atomic E-state index is 0.461. The van der Waals surface area contributed by atoms with Gasteiger partial charge in [-0.25, -0.2) is 4.98 Å². The van der Waals surface area contributed by atoms with Gasteiger partial charge in [-0.1, -0.05) is 46.6 Å². The molecule has 3 rings (SSSR count). The molecule has 0 fully saturated rings. The Morgan fingerprint density at radius 2 is 2.08 bits per heavy atom. The highest BCUT2D eigenvalue weighted by Gasteiger charge is 2.14. The molecule has 130 valence electrons. The molecule has 4 nitrogen and oxygen atoms in total. The fraction of sp³-hybridized carbons (Fsp3) is 0.263. The number of carbonyl (C=O) groups excluding carboxylic acids is 1. The predicted octanol–water partition coefficient (Wildman–Crippen LogP) is 5.02. The van der Waals surface area contributed by atoms with E-state index in [1.54, 1.807) is 4.90 Å². The van der Waals surface area contributed by atoms with Gasteiger partial charge in [-0.2, -0.15) is 0 Å². The van der Waals surface area contributed by atoms with E-state index in [-0.39, 0.29) is 0 Å². The number of benzene rings is 2. The summed E-state index contributed by atoms with van der Waals surface area (Å²) in [5.41, 5.74) is 2.99. The molecule has 0 spiro atoms. The van der Waals surface area contributed by atoms with Crippen LogP contribution >= 0.6 is 27.5 Å². The van der Waals surface area contributed by atoms with Crippen LogP contribution in [0.15, 0.2) is 46.9 Å². The number of imidazole rings is 1. The van der Waals surface area contributed by atoms with Crippen LogP contribution in [-0.2, 0) is 24.4 Å². The first-order chi connectivity index (χ1) is 12.1. The van der Waals surface area contributed by atoms with Crippen molar-refractivity contribution in [2.75, 3.05) is 0 Å². The number of hydrogen-bond acceptors (Lipinski definition) is 2. The van der Waals surface area contributed by atoms with Crippen molar-refractivity contribution in [3.63, 3.8) is 0 Å². The normalized spacial score (nSPS) is 11.0. The molecule has 3 aromatic rings. The Labute approximate surface area is 160 Å². The smallest absolute Gasteiger partial charge is 0.210 e. The van der Waals surface area contributed by atoms with Crippen LogP contribution in [-0.4, -0.2) is 20.9 Å². The summed E-state index contributed by atoms with van der Waals surface area (Å²) in [6.45, 7) is 3.97. The van der Waals surface area contributed by atoms with Gasteiger partial charge < -0.3 is 9.47 Å². The molecule has 25 heavy (non-hydrogen) atoms. The van der Waals surface area contributed by atoms with Gasteiger partial charge in [0.05, 0.1) is 17.6 Å². The Morgan fingerprint density at radius 3 is 2.80 bits per heavy atom. The number of halogens is 2. The second-order valence-corrected chi connectivity index (χ2v) is 7.31. The lowest BCUT2D eigenvalue weighted by molar-refractivity contribution is -0.119. The maximum absolute atomic E-state index is 11.6. The van der Waals surface area contributed by atoms with Crippen molar-refractivity contribution >= 4 is 45.0 Å². The van der Waals surface area contributed by atoms with Crippen molar-refractivity contribution in [1.29, 1.82) is 0 Å². The van der Waals surface area contributed by atoms with Crippen LogP contribution in [0.25, 0.3) is 11.0 Å². The van der Waals surface area contributed by atoms with Crippen LogP contribution < -0.4 is 0 Å². The topological polar surface area (TPSA) is 38.1 Å². The first-order valence-electron chi connectivity index (χ1n) is 8.19. The standard InChI is InChI=1S/C19H19BrClN3O/c1-2-8-24-18-10-16(21)6-7-17(18)22-19(24)12-23(13-25)11-14-4-3-5-15(20)9-14/h3-7,9-10,13H,2,8,11-12H2,1H3. The van der Waals surface area contributed by atoms with E-state index < -0.39 is 0 Å². The second kappa shape index (κ2) is 8.02. The van der Waals surface area contributed by atoms with E-state index >= 15 is 0 Å². The van der Waals surface area contributed by atoms with E-state index in [0.717, 1.165) is 46.3 Å². The molecule has 0 saturated heterocycles. The average molecular weight is 421 g/mol. The maximum Gasteiger partial charge on any atom is 0.210 e. The minimum Gasteiger partial charge on any atom is -0.333 e. The molecule has 1 heterocycles. The molecular formula is C19H19BrClN3O. The monoisotopic (exact) mass is 419 g/mol. The lowest BCUT2D eigenvalue weighted by atomic mass is 10.2. The minimum atomic E-state index is 0.461. The van der Waals surface area contributed by atoms with Gasteiger partial charge in [0.15, 0.2) is 0 Å². The molecule has 0 N–H and O–H groups in total. The van der Waals surface area contributed by atoms with Gasteiger partial charge in [0, 0.05) is 22.6 Å². The van der Waals surface area contributed by atoms with Gasteiger partial charge in [0.25, 0.3) is 0 Å². The first-order valence-corrected chi connectivity index (χ1v) is 9.36. The van der Waals surface area contributed by atoms with Gasteiger partial charge in [-0.05, 0) is 42.3 Å². The number of aryl methyl sites for hydroxylation is 1. The van der Waals surface area contributed by atoms with Crippen molar-refractivity contribution < 1.29 is 4.79 Å². The number of carbonyl (C=O) groups is 1. The zero-order valence-electron chi connectivity index (χ0n) is 14.0. The zero-order chi connectivity index (χ0) is 17.8. The molecule has 2 aromatic carbocycles. The Balaban J connectivity index is 1.89. The SMILES string of the molecule is CCCn1c(CN(C=O)Cc2cccc(Br)c2)nc2ccc(Cl)cc21. The van der Waals surface area contributed by atoms with Crippen molar-refractivity contribution in [3.8, 4) is 0 Å². The van der Waals surface area contributed by atoms with Crippen molar-refractivity contribution in [2.45, 2.75) is 33.0 Å². The molecule has 0 radical (unpaired) electrons. The average Bonchev–Trinajstić information content (AvgIpc) is 2.91. The quantitative estimate of drug-likeness (QED) is 0.503. The lowest BCUT2D eigenvalue weighted by Gasteiger charge is -2.18. The van der Waals surface area contributed by atoms with Crippen LogP contribution in [0, 0.1) is 0 Å². The van der Waals surface area contributed by atoms with Crippen molar-refractivity contribution in [3.05, 3.63) is 63.3 Å². The van der Waals surface area contributed by atoms with Gasteiger partial charge >= 0.3 is 0 Å². The largest absolute Gasteiger partial charge is 0.333 e. The summed E-state index contributed by atoms with van der Waals surface area (Å²) < 4.78 is 3.15. The van der Waals surface area contributed by atoms with E-state index in [0.29, 0.717) is 18.1 Å². The molecule has 6 heteroatoms. The highest BCUT2D eigenvalue weighted by molar-refractivity contribution is 9.10. The Kier molecular flexibility index (Phi) is 5.76. The van der Waals surface area contributed by atoms with Crippen molar-refractivity contribution in [1.82, 2.24) is 14.5 Å². The van der Waals surface area contributed by atoms with Gasteiger partial charge in [0.1, 0.15) is 5.82 Å². The molecule has 1 aromatic heterocycles. The Hall–Kier alpha value is -1.85. The highest BCUT2D eigenvalue weighted by atomic mass is 79.9. The molecule has 0 aliphatic rings. The molecular weight excluding hydrogens is 402 g/mol. The van der Waals surface area contributed by atoms with Crippen LogP contribution in [0.3, 0.4) is 0 Å². The fourth-order valence-corrected chi connectivity index (χ4v) is 3.53. The fourth-order valence-electron chi connectivity index (χ4n) is 2.92. The van der Waals surface area contributed by atoms with Gasteiger partial charge in [-0.15, -0.1) is 0 Å². The molecule has 0 bridgehead atoms. The third-order valence-electron chi connectivity index (χ3n) is 4.00. The van der Waals surface area contributed by atoms with E-state index in [4.69, 9.17) is 16.6 Å². The summed E-state index contributed by atoms with van der Waals surface area (Å²) in [7, 11) is 0. The Bertz CT molecular complexity index is 894. The van der Waals surface area contributed by atoms with E-state index in [1.165, 1.54) is 0 Å². The van der Waals surface area contributed by atoms with Crippen LogP contribution in [0.4, 0.5) is 0 Å². The molecule has 0 unspecified atom stereocenters. The number of nitrogens with zero attached hydrogens (tertiary/aromatic N) is 3. The van der Waals surface area contributed by atoms with Crippen LogP contribution in [0.1, 0.15) is 24.7 Å². The van der Waals surface area contributed by atoms with Crippen LogP contribution in [0.5, 0.6) is 0 Å².